The molecule has 0 aromatic heterocycles. The molecule has 0 saturated carbocycles. The molecule has 0 aromatic rings. The first-order chi connectivity index (χ1) is 14.8. The molecule has 5 N–H and O–H groups in total. The number of carbonyl (C=O) groups excluding carboxylic acids is 3. The molecule has 0 radical (unpaired) electrons. The number of rotatable bonds is 9. The van der Waals surface area contributed by atoms with E-state index in [1.807, 2.05) is 0 Å². The summed E-state index contributed by atoms with van der Waals surface area (Å²) >= 11 is 0. The zero-order valence-corrected chi connectivity index (χ0v) is 20.4. The summed E-state index contributed by atoms with van der Waals surface area (Å²) in [6.07, 6.45) is 9.86. The lowest BCUT2D eigenvalue weighted by molar-refractivity contribution is -0.143. The summed E-state index contributed by atoms with van der Waals surface area (Å²) in [7, 11) is 3.19. The second kappa shape index (κ2) is 32.7. The summed E-state index contributed by atoms with van der Waals surface area (Å²) in [5.74, 6) is 0.656. The van der Waals surface area contributed by atoms with Crippen LogP contribution in [0, 0.1) is 11.8 Å². The quantitative estimate of drug-likeness (QED) is 0.238. The van der Waals surface area contributed by atoms with E-state index in [9.17, 15) is 9.59 Å². The van der Waals surface area contributed by atoms with Gasteiger partial charge in [-0.25, -0.2) is 0 Å². The molecule has 1 aliphatic heterocycles. The van der Waals surface area contributed by atoms with Crippen molar-refractivity contribution < 1.29 is 29.0 Å². The molecule has 9 nitrogen and oxygen atoms in total. The van der Waals surface area contributed by atoms with Gasteiger partial charge in [0.25, 0.3) is 6.47 Å². The van der Waals surface area contributed by atoms with Crippen LogP contribution in [0.3, 0.4) is 0 Å². The molecule has 186 valence electrons. The minimum absolute atomic E-state index is 0.125. The number of carboxylic acid groups (broad SMARTS) is 1. The molecule has 31 heavy (non-hydrogen) atoms. The molecule has 0 spiro atoms. The van der Waals surface area contributed by atoms with Crippen LogP contribution < -0.4 is 16.4 Å². The van der Waals surface area contributed by atoms with E-state index in [2.05, 4.69) is 48.8 Å². The van der Waals surface area contributed by atoms with Gasteiger partial charge in [-0.3, -0.25) is 14.4 Å². The molecule has 0 bridgehead atoms. The number of methoxy groups -OCH3 is 1. The monoisotopic (exact) mass is 449 g/mol. The van der Waals surface area contributed by atoms with E-state index in [0.29, 0.717) is 5.92 Å². The predicted octanol–water partition coefficient (Wildman–Crippen LogP) is 2.37. The van der Waals surface area contributed by atoms with Gasteiger partial charge in [0, 0.05) is 12.5 Å². The Balaban J connectivity index is -0.000000161. The fourth-order valence-corrected chi connectivity index (χ4v) is 2.44. The molecule has 1 saturated heterocycles. The second-order valence-electron chi connectivity index (χ2n) is 6.89. The predicted molar refractivity (Wildman–Crippen MR) is 125 cm³/mol. The van der Waals surface area contributed by atoms with E-state index < -0.39 is 0 Å². The normalized spacial score (nSPS) is 16.7. The fourth-order valence-electron chi connectivity index (χ4n) is 2.44. The number of likely N-dealkylation sites (N-methyl/N-ethyl adjacent to an activating group) is 1. The van der Waals surface area contributed by atoms with Gasteiger partial charge in [-0.15, -0.1) is 0 Å². The van der Waals surface area contributed by atoms with Gasteiger partial charge in [0.2, 0.25) is 6.41 Å². The molecule has 0 aliphatic carbocycles. The highest BCUT2D eigenvalue weighted by Gasteiger charge is 2.21. The zero-order valence-electron chi connectivity index (χ0n) is 20.4. The number of hydrogen-bond acceptors (Lipinski definition) is 7. The number of unbranched alkanes of at least 4 members (excludes halogenated alkanes) is 4. The maximum Gasteiger partial charge on any atom is 0.322 e. The minimum atomic E-state index is -0.250. The molecule has 1 amide bonds. The van der Waals surface area contributed by atoms with Gasteiger partial charge in [0.05, 0.1) is 7.11 Å². The average molecular weight is 450 g/mol. The summed E-state index contributed by atoms with van der Waals surface area (Å²) in [6.45, 7) is 10.3. The van der Waals surface area contributed by atoms with Crippen molar-refractivity contribution in [3.05, 3.63) is 0 Å². The van der Waals surface area contributed by atoms with E-state index in [-0.39, 0.29) is 30.8 Å². The third kappa shape index (κ3) is 30.3. The third-order valence-corrected chi connectivity index (χ3v) is 4.39. The maximum atomic E-state index is 11.0. The molecule has 1 heterocycles. The first-order valence-corrected chi connectivity index (χ1v) is 11.0. The van der Waals surface area contributed by atoms with Crippen molar-refractivity contribution in [1.29, 1.82) is 0 Å². The molecule has 1 rings (SSSR count). The van der Waals surface area contributed by atoms with Gasteiger partial charge in [0.15, 0.2) is 0 Å². The van der Waals surface area contributed by atoms with Crippen LogP contribution in [-0.4, -0.2) is 63.5 Å². The average Bonchev–Trinajstić information content (AvgIpc) is 3.19. The Morgan fingerprint density at radius 2 is 1.58 bits per heavy atom. The van der Waals surface area contributed by atoms with Gasteiger partial charge in [-0.05, 0) is 25.9 Å². The summed E-state index contributed by atoms with van der Waals surface area (Å²) in [6, 6.07) is -0.125. The molecular weight excluding hydrogens is 402 g/mol. The molecular formula is C22H47N3O6. The van der Waals surface area contributed by atoms with Crippen LogP contribution in [0.25, 0.3) is 0 Å². The number of primary amides is 1. The lowest BCUT2D eigenvalue weighted by atomic mass is 10.0. The Kier molecular flexibility index (Phi) is 38.3. The van der Waals surface area contributed by atoms with Crippen LogP contribution in [-0.2, 0) is 23.9 Å². The maximum absolute atomic E-state index is 11.0. The first-order valence-electron chi connectivity index (χ1n) is 11.0. The SMILES string of the molecule is CCCCC(NC)C(=O)OC.CCCCCC.C[C@H]1CNCC1C=O.NC=O.O=CO. The molecule has 3 atom stereocenters. The number of hydrogen-bond donors (Lipinski definition) is 4. The van der Waals surface area contributed by atoms with Crippen LogP contribution in [0.1, 0.15) is 72.6 Å². The van der Waals surface area contributed by atoms with Crippen molar-refractivity contribution in [2.24, 2.45) is 17.6 Å². The topological polar surface area (TPSA) is 148 Å². The van der Waals surface area contributed by atoms with Gasteiger partial charge < -0.3 is 31.0 Å². The van der Waals surface area contributed by atoms with Crippen molar-refractivity contribution >= 4 is 25.1 Å². The Bertz CT molecular complexity index is 387. The minimum Gasteiger partial charge on any atom is -0.483 e. The third-order valence-electron chi connectivity index (χ3n) is 4.39. The fraction of sp³-hybridized carbons (Fsp3) is 0.818. The van der Waals surface area contributed by atoms with Gasteiger partial charge >= 0.3 is 5.97 Å². The van der Waals surface area contributed by atoms with Gasteiger partial charge in [0.1, 0.15) is 12.3 Å². The largest absolute Gasteiger partial charge is 0.483 e. The van der Waals surface area contributed by atoms with Crippen molar-refractivity contribution in [3.8, 4) is 0 Å². The van der Waals surface area contributed by atoms with Crippen molar-refractivity contribution in [1.82, 2.24) is 10.6 Å². The lowest BCUT2D eigenvalue weighted by Gasteiger charge is -2.11. The lowest BCUT2D eigenvalue weighted by Crippen LogP contribution is -2.34. The summed E-state index contributed by atoms with van der Waals surface area (Å²) in [5, 5.41) is 12.9. The zero-order chi connectivity index (χ0) is 24.9. The van der Waals surface area contributed by atoms with Crippen molar-refractivity contribution in [2.45, 2.75) is 78.7 Å². The highest BCUT2D eigenvalue weighted by atomic mass is 16.5. The number of nitrogens with one attached hydrogen (secondary N) is 2. The van der Waals surface area contributed by atoms with Crippen LogP contribution in [0.4, 0.5) is 0 Å². The summed E-state index contributed by atoms with van der Waals surface area (Å²) in [4.78, 5) is 38.1. The number of ether oxygens (including phenoxy) is 1. The van der Waals surface area contributed by atoms with E-state index in [4.69, 9.17) is 14.7 Å². The van der Waals surface area contributed by atoms with E-state index in [1.54, 1.807) is 7.05 Å². The summed E-state index contributed by atoms with van der Waals surface area (Å²) < 4.78 is 4.60. The molecule has 0 aromatic carbocycles. The first kappa shape index (κ1) is 36.4. The molecule has 2 unspecified atom stereocenters. The number of aldehydes is 1. The smallest absolute Gasteiger partial charge is 0.322 e. The highest BCUT2D eigenvalue weighted by molar-refractivity contribution is 5.75. The van der Waals surface area contributed by atoms with Gasteiger partial charge in [-0.1, -0.05) is 66.2 Å². The van der Waals surface area contributed by atoms with Crippen LogP contribution >= 0.6 is 0 Å². The number of carbonyl (C=O) groups is 4. The van der Waals surface area contributed by atoms with Crippen molar-refractivity contribution in [3.63, 3.8) is 0 Å². The number of nitrogens with two attached hydrogens (primary N) is 1. The number of esters is 1. The standard InChI is InChI=1S/C8H17NO2.C6H11NO.C6H14.CH3NO.CH2O2/c1-4-5-6-7(9-2)8(10)11-3;1-5-2-7-3-6(5)4-8;1-3-5-6-4-2;2*2-1-3/h7,9H,4-6H2,1-3H3;4-7H,2-3H2,1H3;3-6H2,1-2H3;1H,(H2,2,3);1H,(H,2,3)/t;5-,6?;;;/m.0.../s1. The van der Waals surface area contributed by atoms with E-state index in [1.165, 1.54) is 32.8 Å². The Hall–Kier alpha value is -2.00. The van der Waals surface area contributed by atoms with E-state index >= 15 is 0 Å². The number of amides is 1. The van der Waals surface area contributed by atoms with Crippen LogP contribution in [0.5, 0.6) is 0 Å². The Labute approximate surface area is 188 Å². The van der Waals surface area contributed by atoms with Gasteiger partial charge in [-0.2, -0.15) is 0 Å². The van der Waals surface area contributed by atoms with Crippen LogP contribution in [0.15, 0.2) is 0 Å². The Morgan fingerprint density at radius 1 is 1.13 bits per heavy atom. The van der Waals surface area contributed by atoms with E-state index in [0.717, 1.165) is 38.6 Å². The second-order valence-corrected chi connectivity index (χ2v) is 6.89. The molecule has 1 aliphatic rings. The molecule has 9 heteroatoms. The molecule has 1 fully saturated rings. The van der Waals surface area contributed by atoms with Crippen LogP contribution in [0.2, 0.25) is 0 Å². The van der Waals surface area contributed by atoms with Crippen molar-refractivity contribution in [2.75, 3.05) is 27.2 Å². The summed E-state index contributed by atoms with van der Waals surface area (Å²) in [5.41, 5.74) is 4.17. The highest BCUT2D eigenvalue weighted by Crippen LogP contribution is 2.11. The Morgan fingerprint density at radius 3 is 1.81 bits per heavy atom.